The minimum atomic E-state index is 0.726. The number of hydrogen-bond donors (Lipinski definition) is 1. The van der Waals surface area contributed by atoms with Crippen LogP contribution in [0.3, 0.4) is 0 Å². The van der Waals surface area contributed by atoms with Gasteiger partial charge in [-0.05, 0) is 39.4 Å². The summed E-state index contributed by atoms with van der Waals surface area (Å²) in [5.41, 5.74) is 0. The second kappa shape index (κ2) is 8.25. The lowest BCUT2D eigenvalue weighted by Gasteiger charge is -2.27. The second-order valence-corrected chi connectivity index (χ2v) is 4.49. The van der Waals surface area contributed by atoms with E-state index in [4.69, 9.17) is 0 Å². The SMILES string of the molecule is CCCC(C)N(C)CC(C)CNCC. The van der Waals surface area contributed by atoms with Gasteiger partial charge in [0.2, 0.25) is 0 Å². The van der Waals surface area contributed by atoms with Crippen LogP contribution in [0.25, 0.3) is 0 Å². The van der Waals surface area contributed by atoms with Gasteiger partial charge in [0.25, 0.3) is 0 Å². The Hall–Kier alpha value is -0.0800. The van der Waals surface area contributed by atoms with Gasteiger partial charge in [-0.25, -0.2) is 0 Å². The lowest BCUT2D eigenvalue weighted by molar-refractivity contribution is 0.212. The summed E-state index contributed by atoms with van der Waals surface area (Å²) >= 11 is 0. The fourth-order valence-corrected chi connectivity index (χ4v) is 1.77. The first kappa shape index (κ1) is 13.9. The molecule has 0 aromatic heterocycles. The predicted molar refractivity (Wildman–Crippen MR) is 64.7 cm³/mol. The van der Waals surface area contributed by atoms with E-state index in [2.05, 4.69) is 45.0 Å². The number of rotatable bonds is 8. The molecule has 0 spiro atoms. The van der Waals surface area contributed by atoms with Crippen molar-refractivity contribution in [2.24, 2.45) is 5.92 Å². The molecular weight excluding hydrogens is 172 g/mol. The zero-order chi connectivity index (χ0) is 11.0. The molecule has 0 aliphatic carbocycles. The van der Waals surface area contributed by atoms with Crippen LogP contribution < -0.4 is 5.32 Å². The molecule has 0 heterocycles. The van der Waals surface area contributed by atoms with Gasteiger partial charge in [0, 0.05) is 12.6 Å². The fourth-order valence-electron chi connectivity index (χ4n) is 1.77. The van der Waals surface area contributed by atoms with Crippen LogP contribution in [0.1, 0.15) is 40.5 Å². The molecule has 0 aliphatic heterocycles. The third-order valence-electron chi connectivity index (χ3n) is 2.80. The molecular formula is C12H28N2. The van der Waals surface area contributed by atoms with Crippen LogP contribution in [0.4, 0.5) is 0 Å². The maximum absolute atomic E-state index is 3.40. The molecule has 0 fully saturated rings. The molecule has 0 rings (SSSR count). The van der Waals surface area contributed by atoms with E-state index in [9.17, 15) is 0 Å². The van der Waals surface area contributed by atoms with E-state index in [1.54, 1.807) is 0 Å². The highest BCUT2D eigenvalue weighted by atomic mass is 15.1. The smallest absolute Gasteiger partial charge is 0.00639 e. The molecule has 0 radical (unpaired) electrons. The van der Waals surface area contributed by atoms with Crippen molar-refractivity contribution < 1.29 is 0 Å². The van der Waals surface area contributed by atoms with Crippen LogP contribution in [0.5, 0.6) is 0 Å². The molecule has 0 aromatic rings. The summed E-state index contributed by atoms with van der Waals surface area (Å²) in [6.45, 7) is 12.5. The standard InChI is InChI=1S/C12H28N2/c1-6-8-12(4)14(5)10-11(3)9-13-7-2/h11-13H,6-10H2,1-5H3. The highest BCUT2D eigenvalue weighted by Crippen LogP contribution is 2.06. The van der Waals surface area contributed by atoms with Crippen molar-refractivity contribution in [3.8, 4) is 0 Å². The molecule has 2 heteroatoms. The first-order chi connectivity index (χ1) is 6.61. The summed E-state index contributed by atoms with van der Waals surface area (Å²) < 4.78 is 0. The summed E-state index contributed by atoms with van der Waals surface area (Å²) in [5.74, 6) is 0.749. The van der Waals surface area contributed by atoms with E-state index >= 15 is 0 Å². The van der Waals surface area contributed by atoms with Crippen molar-refractivity contribution >= 4 is 0 Å². The zero-order valence-electron chi connectivity index (χ0n) is 10.6. The number of nitrogens with zero attached hydrogens (tertiary/aromatic N) is 1. The quantitative estimate of drug-likeness (QED) is 0.647. The van der Waals surface area contributed by atoms with Gasteiger partial charge in [-0.3, -0.25) is 0 Å². The van der Waals surface area contributed by atoms with Crippen LogP contribution in [0.15, 0.2) is 0 Å². The van der Waals surface area contributed by atoms with Crippen LogP contribution in [0, 0.1) is 5.92 Å². The number of nitrogens with one attached hydrogen (secondary N) is 1. The molecule has 2 nitrogen and oxygen atoms in total. The van der Waals surface area contributed by atoms with Gasteiger partial charge in [-0.15, -0.1) is 0 Å². The Morgan fingerprint density at radius 3 is 2.36 bits per heavy atom. The van der Waals surface area contributed by atoms with Gasteiger partial charge in [-0.2, -0.15) is 0 Å². The molecule has 1 N–H and O–H groups in total. The minimum absolute atomic E-state index is 0.726. The summed E-state index contributed by atoms with van der Waals surface area (Å²) in [7, 11) is 2.24. The fraction of sp³-hybridized carbons (Fsp3) is 1.00. The summed E-state index contributed by atoms with van der Waals surface area (Å²) in [6.07, 6.45) is 2.59. The molecule has 0 saturated carbocycles. The van der Waals surface area contributed by atoms with Crippen LogP contribution >= 0.6 is 0 Å². The van der Waals surface area contributed by atoms with Gasteiger partial charge in [0.1, 0.15) is 0 Å². The monoisotopic (exact) mass is 200 g/mol. The Bertz CT molecular complexity index is 125. The van der Waals surface area contributed by atoms with Crippen molar-refractivity contribution in [2.75, 3.05) is 26.7 Å². The first-order valence-electron chi connectivity index (χ1n) is 6.02. The third-order valence-corrected chi connectivity index (χ3v) is 2.80. The summed E-state index contributed by atoms with van der Waals surface area (Å²) in [5, 5.41) is 3.40. The molecule has 14 heavy (non-hydrogen) atoms. The van der Waals surface area contributed by atoms with Crippen LogP contribution in [-0.2, 0) is 0 Å². The second-order valence-electron chi connectivity index (χ2n) is 4.49. The van der Waals surface area contributed by atoms with Gasteiger partial charge in [0.15, 0.2) is 0 Å². The Balaban J connectivity index is 3.63. The average Bonchev–Trinajstić information content (AvgIpc) is 2.15. The normalized spacial score (nSPS) is 15.9. The molecule has 0 saturated heterocycles. The number of hydrogen-bond acceptors (Lipinski definition) is 2. The maximum Gasteiger partial charge on any atom is 0.00639 e. The highest BCUT2D eigenvalue weighted by Gasteiger charge is 2.11. The molecule has 0 aromatic carbocycles. The first-order valence-corrected chi connectivity index (χ1v) is 6.02. The predicted octanol–water partition coefficient (Wildman–Crippen LogP) is 2.35. The van der Waals surface area contributed by atoms with Crippen LogP contribution in [0.2, 0.25) is 0 Å². The Kier molecular flexibility index (Phi) is 8.20. The van der Waals surface area contributed by atoms with Crippen molar-refractivity contribution in [1.82, 2.24) is 10.2 Å². The molecule has 2 atom stereocenters. The molecule has 86 valence electrons. The largest absolute Gasteiger partial charge is 0.317 e. The van der Waals surface area contributed by atoms with Gasteiger partial charge in [-0.1, -0.05) is 27.2 Å². The molecule has 0 bridgehead atoms. The minimum Gasteiger partial charge on any atom is -0.317 e. The lowest BCUT2D eigenvalue weighted by atomic mass is 10.1. The van der Waals surface area contributed by atoms with Crippen molar-refractivity contribution in [2.45, 2.75) is 46.6 Å². The lowest BCUT2D eigenvalue weighted by Crippen LogP contribution is -2.36. The van der Waals surface area contributed by atoms with Gasteiger partial charge in [0.05, 0.1) is 0 Å². The van der Waals surface area contributed by atoms with E-state index in [-0.39, 0.29) is 0 Å². The van der Waals surface area contributed by atoms with E-state index < -0.39 is 0 Å². The van der Waals surface area contributed by atoms with E-state index in [1.807, 2.05) is 0 Å². The van der Waals surface area contributed by atoms with Gasteiger partial charge < -0.3 is 10.2 Å². The summed E-state index contributed by atoms with van der Waals surface area (Å²) in [4.78, 5) is 2.48. The van der Waals surface area contributed by atoms with Crippen molar-refractivity contribution in [3.05, 3.63) is 0 Å². The van der Waals surface area contributed by atoms with E-state index in [0.29, 0.717) is 0 Å². The van der Waals surface area contributed by atoms with Crippen LogP contribution in [-0.4, -0.2) is 37.6 Å². The van der Waals surface area contributed by atoms with Gasteiger partial charge >= 0.3 is 0 Å². The molecule has 0 amide bonds. The molecule has 2 unspecified atom stereocenters. The maximum atomic E-state index is 3.40. The topological polar surface area (TPSA) is 15.3 Å². The highest BCUT2D eigenvalue weighted by molar-refractivity contribution is 4.67. The van der Waals surface area contributed by atoms with Crippen molar-refractivity contribution in [3.63, 3.8) is 0 Å². The Labute approximate surface area is 90.1 Å². The molecule has 0 aliphatic rings. The summed E-state index contributed by atoms with van der Waals surface area (Å²) in [6, 6.07) is 0.726. The van der Waals surface area contributed by atoms with E-state index in [1.165, 1.54) is 19.4 Å². The van der Waals surface area contributed by atoms with E-state index in [0.717, 1.165) is 25.0 Å². The average molecular weight is 200 g/mol. The van der Waals surface area contributed by atoms with Crippen molar-refractivity contribution in [1.29, 1.82) is 0 Å². The Morgan fingerprint density at radius 1 is 1.21 bits per heavy atom. The Morgan fingerprint density at radius 2 is 1.86 bits per heavy atom. The third kappa shape index (κ3) is 6.39. The zero-order valence-corrected chi connectivity index (χ0v) is 10.6.